The normalized spacial score (nSPS) is 14.5. The number of hydrogen-bond donors (Lipinski definition) is 1. The Morgan fingerprint density at radius 3 is 2.78 bits per heavy atom. The van der Waals surface area contributed by atoms with Gasteiger partial charge in [0, 0.05) is 22.4 Å². The maximum absolute atomic E-state index is 12.5. The Labute approximate surface area is 186 Å². The zero-order valence-electron chi connectivity index (χ0n) is 17.0. The van der Waals surface area contributed by atoms with Crippen LogP contribution in [0, 0.1) is 0 Å². The minimum absolute atomic E-state index is 0.0578. The Kier molecular flexibility index (Phi) is 6.02. The van der Waals surface area contributed by atoms with Crippen LogP contribution in [0.15, 0.2) is 39.5 Å². The van der Waals surface area contributed by atoms with Crippen molar-refractivity contribution in [3.8, 4) is 5.75 Å². The van der Waals surface area contributed by atoms with E-state index in [0.29, 0.717) is 27.2 Å². The third kappa shape index (κ3) is 4.68. The van der Waals surface area contributed by atoms with Gasteiger partial charge in [0.1, 0.15) is 16.3 Å². The quantitative estimate of drug-likeness (QED) is 0.424. The van der Waals surface area contributed by atoms with Crippen LogP contribution in [0.4, 0.5) is 5.00 Å². The van der Waals surface area contributed by atoms with Crippen molar-refractivity contribution in [2.24, 2.45) is 0 Å². The number of esters is 1. The largest absolute Gasteiger partial charge is 0.484 e. The highest BCUT2D eigenvalue weighted by Gasteiger charge is 2.32. The van der Waals surface area contributed by atoms with Crippen LogP contribution < -0.4 is 15.7 Å². The first kappa shape index (κ1) is 22.0. The smallest absolute Gasteiger partial charge is 0.341 e. The highest BCUT2D eigenvalue weighted by molar-refractivity contribution is 7.90. The summed E-state index contributed by atoms with van der Waals surface area (Å²) in [5.74, 6) is -1.05. The molecular formula is C21H19NO8S2. The molecule has 11 heteroatoms. The standard InChI is InChI=1S/C21H19NO8S2/c1-2-28-21(25)19-14-7-8-32(26,27)11-16(14)31-20(19)22-17(23)10-29-13-5-3-12-4-6-18(24)30-15(12)9-13/h3-6,9H,2,7-8,10-11H2,1H3,(H,22,23). The molecule has 0 atom stereocenters. The number of carbonyl (C=O) groups is 2. The molecule has 3 aromatic rings. The van der Waals surface area contributed by atoms with Gasteiger partial charge < -0.3 is 19.2 Å². The second-order valence-corrected chi connectivity index (χ2v) is 10.4. The average molecular weight is 478 g/mol. The molecule has 0 radical (unpaired) electrons. The van der Waals surface area contributed by atoms with E-state index in [4.69, 9.17) is 13.9 Å². The molecule has 32 heavy (non-hydrogen) atoms. The predicted octanol–water partition coefficient (Wildman–Crippen LogP) is 2.52. The number of ether oxygens (including phenoxy) is 2. The Morgan fingerprint density at radius 1 is 1.22 bits per heavy atom. The summed E-state index contributed by atoms with van der Waals surface area (Å²) in [5.41, 5.74) is 0.626. The molecule has 1 N–H and O–H groups in total. The molecular weight excluding hydrogens is 458 g/mol. The highest BCUT2D eigenvalue weighted by atomic mass is 32.2. The van der Waals surface area contributed by atoms with E-state index in [-0.39, 0.29) is 41.7 Å². The third-order valence-electron chi connectivity index (χ3n) is 4.80. The van der Waals surface area contributed by atoms with Gasteiger partial charge in [0.15, 0.2) is 16.4 Å². The van der Waals surface area contributed by atoms with E-state index in [9.17, 15) is 22.8 Å². The molecule has 1 aromatic carbocycles. The predicted molar refractivity (Wildman–Crippen MR) is 118 cm³/mol. The van der Waals surface area contributed by atoms with Crippen molar-refractivity contribution in [1.29, 1.82) is 0 Å². The monoisotopic (exact) mass is 477 g/mol. The average Bonchev–Trinajstić information content (AvgIpc) is 3.07. The lowest BCUT2D eigenvalue weighted by atomic mass is 10.1. The van der Waals surface area contributed by atoms with Gasteiger partial charge in [0.25, 0.3) is 5.91 Å². The molecule has 9 nitrogen and oxygen atoms in total. The molecule has 2 aromatic heterocycles. The number of anilines is 1. The van der Waals surface area contributed by atoms with Crippen molar-refractivity contribution < 1.29 is 31.9 Å². The SMILES string of the molecule is CCOC(=O)c1c(NC(=O)COc2ccc3ccc(=O)oc3c2)sc2c1CCS(=O)(=O)C2. The maximum Gasteiger partial charge on any atom is 0.341 e. The van der Waals surface area contributed by atoms with E-state index >= 15 is 0 Å². The summed E-state index contributed by atoms with van der Waals surface area (Å²) in [5, 5.41) is 3.58. The van der Waals surface area contributed by atoms with Crippen molar-refractivity contribution in [3.05, 3.63) is 56.8 Å². The van der Waals surface area contributed by atoms with E-state index in [1.165, 1.54) is 12.1 Å². The number of nitrogens with one attached hydrogen (secondary N) is 1. The fourth-order valence-electron chi connectivity index (χ4n) is 3.37. The Bertz CT molecular complexity index is 1370. The van der Waals surface area contributed by atoms with Gasteiger partial charge in [-0.3, -0.25) is 4.79 Å². The van der Waals surface area contributed by atoms with E-state index in [1.54, 1.807) is 25.1 Å². The van der Waals surface area contributed by atoms with E-state index in [2.05, 4.69) is 5.32 Å². The molecule has 1 amide bonds. The minimum Gasteiger partial charge on any atom is -0.484 e. The first-order chi connectivity index (χ1) is 15.3. The van der Waals surface area contributed by atoms with E-state index in [1.807, 2.05) is 0 Å². The van der Waals surface area contributed by atoms with Crippen LogP contribution in [0.5, 0.6) is 5.75 Å². The van der Waals surface area contributed by atoms with Gasteiger partial charge in [-0.1, -0.05) is 0 Å². The van der Waals surface area contributed by atoms with Crippen molar-refractivity contribution in [2.75, 3.05) is 24.3 Å². The molecule has 0 aliphatic carbocycles. The first-order valence-electron chi connectivity index (χ1n) is 9.74. The van der Waals surface area contributed by atoms with Crippen LogP contribution in [0.2, 0.25) is 0 Å². The summed E-state index contributed by atoms with van der Waals surface area (Å²) < 4.78 is 39.7. The number of rotatable bonds is 6. The summed E-state index contributed by atoms with van der Waals surface area (Å²) in [6, 6.07) is 7.76. The molecule has 168 valence electrons. The molecule has 1 aliphatic heterocycles. The van der Waals surface area contributed by atoms with Gasteiger partial charge in [-0.05, 0) is 37.1 Å². The van der Waals surface area contributed by atoms with Crippen LogP contribution in [-0.2, 0) is 31.5 Å². The van der Waals surface area contributed by atoms with Crippen LogP contribution in [0.1, 0.15) is 27.7 Å². The van der Waals surface area contributed by atoms with Gasteiger partial charge in [-0.25, -0.2) is 18.0 Å². The van der Waals surface area contributed by atoms with Gasteiger partial charge in [0.05, 0.1) is 23.7 Å². The molecule has 0 saturated carbocycles. The zero-order chi connectivity index (χ0) is 22.9. The Morgan fingerprint density at radius 2 is 2.00 bits per heavy atom. The van der Waals surface area contributed by atoms with Gasteiger partial charge in [-0.15, -0.1) is 11.3 Å². The summed E-state index contributed by atoms with van der Waals surface area (Å²) in [4.78, 5) is 36.9. The van der Waals surface area contributed by atoms with Crippen LogP contribution in [0.3, 0.4) is 0 Å². The fourth-order valence-corrected chi connectivity index (χ4v) is 6.43. The maximum atomic E-state index is 12.5. The highest BCUT2D eigenvalue weighted by Crippen LogP contribution is 2.38. The number of thiophene rings is 1. The van der Waals surface area contributed by atoms with Crippen molar-refractivity contribution >= 4 is 49.0 Å². The van der Waals surface area contributed by atoms with Crippen molar-refractivity contribution in [2.45, 2.75) is 19.1 Å². The fraction of sp³-hybridized carbons (Fsp3) is 0.286. The lowest BCUT2D eigenvalue weighted by Gasteiger charge is -2.13. The van der Waals surface area contributed by atoms with Crippen molar-refractivity contribution in [3.63, 3.8) is 0 Å². The molecule has 4 rings (SSSR count). The first-order valence-corrected chi connectivity index (χ1v) is 12.4. The zero-order valence-corrected chi connectivity index (χ0v) is 18.6. The molecule has 0 spiro atoms. The van der Waals surface area contributed by atoms with Crippen LogP contribution >= 0.6 is 11.3 Å². The topological polar surface area (TPSA) is 129 Å². The minimum atomic E-state index is -3.24. The molecule has 3 heterocycles. The number of hydrogen-bond acceptors (Lipinski definition) is 9. The van der Waals surface area contributed by atoms with Crippen molar-refractivity contribution in [1.82, 2.24) is 0 Å². The molecule has 1 aliphatic rings. The Balaban J connectivity index is 1.52. The lowest BCUT2D eigenvalue weighted by molar-refractivity contribution is -0.118. The summed E-state index contributed by atoms with van der Waals surface area (Å²) >= 11 is 1.05. The molecule has 0 bridgehead atoms. The third-order valence-corrected chi connectivity index (χ3v) is 7.69. The lowest BCUT2D eigenvalue weighted by Crippen LogP contribution is -2.22. The van der Waals surface area contributed by atoms with Gasteiger partial charge >= 0.3 is 11.6 Å². The summed E-state index contributed by atoms with van der Waals surface area (Å²) in [6.45, 7) is 1.45. The van der Waals surface area contributed by atoms with Crippen LogP contribution in [-0.4, -0.2) is 39.3 Å². The molecule has 0 fully saturated rings. The van der Waals surface area contributed by atoms with Gasteiger partial charge in [-0.2, -0.15) is 0 Å². The molecule has 0 saturated heterocycles. The van der Waals surface area contributed by atoms with E-state index < -0.39 is 27.3 Å². The van der Waals surface area contributed by atoms with Crippen LogP contribution in [0.25, 0.3) is 11.0 Å². The summed E-state index contributed by atoms with van der Waals surface area (Å²) in [6.07, 6.45) is 0.191. The van der Waals surface area contributed by atoms with Gasteiger partial charge in [0.2, 0.25) is 0 Å². The Hall–Kier alpha value is -3.18. The number of fused-ring (bicyclic) bond motifs is 2. The number of amides is 1. The molecule has 0 unspecified atom stereocenters. The number of sulfone groups is 1. The number of carbonyl (C=O) groups excluding carboxylic acids is 2. The second-order valence-electron chi connectivity index (χ2n) is 7.06. The second kappa shape index (κ2) is 8.75. The number of benzene rings is 1. The summed E-state index contributed by atoms with van der Waals surface area (Å²) in [7, 11) is -3.24. The van der Waals surface area contributed by atoms with E-state index in [0.717, 1.165) is 11.3 Å².